The van der Waals surface area contributed by atoms with Crippen LogP contribution in [-0.4, -0.2) is 67.3 Å². The number of hydrogen-bond acceptors (Lipinski definition) is 5. The minimum atomic E-state index is -0.979. The zero-order valence-corrected chi connectivity index (χ0v) is 19.9. The fraction of sp³-hybridized carbons (Fsp3) is 0.423. The van der Waals surface area contributed by atoms with E-state index in [9.17, 15) is 14.4 Å². The second-order valence-electron chi connectivity index (χ2n) is 8.88. The van der Waals surface area contributed by atoms with Crippen LogP contribution in [0.5, 0.6) is 0 Å². The van der Waals surface area contributed by atoms with E-state index in [-0.39, 0.29) is 25.5 Å². The second kappa shape index (κ2) is 11.7. The van der Waals surface area contributed by atoms with Crippen LogP contribution in [0.3, 0.4) is 0 Å². The van der Waals surface area contributed by atoms with Gasteiger partial charge in [0.15, 0.2) is 0 Å². The zero-order chi connectivity index (χ0) is 24.7. The van der Waals surface area contributed by atoms with Crippen molar-refractivity contribution >= 4 is 18.0 Å². The molecule has 2 aromatic carbocycles. The molecule has 8 nitrogen and oxygen atoms in total. The average molecular weight is 468 g/mol. The molecule has 0 heterocycles. The molecule has 0 saturated heterocycles. The maximum absolute atomic E-state index is 12.9. The van der Waals surface area contributed by atoms with Gasteiger partial charge in [-0.1, -0.05) is 61.9 Å². The first-order chi connectivity index (χ1) is 16.3. The second-order valence-corrected chi connectivity index (χ2v) is 8.88. The number of carbonyl (C=O) groups is 3. The van der Waals surface area contributed by atoms with E-state index in [1.54, 1.807) is 19.0 Å². The van der Waals surface area contributed by atoms with Gasteiger partial charge in [-0.2, -0.15) is 0 Å². The highest BCUT2D eigenvalue weighted by atomic mass is 16.5. The van der Waals surface area contributed by atoms with Gasteiger partial charge in [0.25, 0.3) is 0 Å². The Hall–Kier alpha value is -3.39. The lowest BCUT2D eigenvalue weighted by molar-refractivity contribution is -0.137. The van der Waals surface area contributed by atoms with Crippen molar-refractivity contribution in [1.29, 1.82) is 0 Å². The van der Waals surface area contributed by atoms with Crippen molar-refractivity contribution in [2.75, 3.05) is 27.2 Å². The van der Waals surface area contributed by atoms with E-state index in [0.29, 0.717) is 6.42 Å². The first kappa shape index (κ1) is 25.2. The lowest BCUT2D eigenvalue weighted by Crippen LogP contribution is -2.54. The molecule has 8 heteroatoms. The number of carboxylic acids is 1. The van der Waals surface area contributed by atoms with E-state index in [1.807, 2.05) is 43.3 Å². The molecular formula is C26H33N3O5. The zero-order valence-electron chi connectivity index (χ0n) is 19.9. The fourth-order valence-corrected chi connectivity index (χ4v) is 4.43. The van der Waals surface area contributed by atoms with E-state index in [1.165, 1.54) is 0 Å². The number of aliphatic carboxylic acids is 1. The Balaban J connectivity index is 1.65. The molecule has 0 radical (unpaired) electrons. The predicted octanol–water partition coefficient (Wildman–Crippen LogP) is 3.21. The van der Waals surface area contributed by atoms with Crippen LogP contribution in [0.25, 0.3) is 11.1 Å². The van der Waals surface area contributed by atoms with Gasteiger partial charge in [0, 0.05) is 18.5 Å². The number of hydrogen-bond donors (Lipinski definition) is 3. The average Bonchev–Trinajstić information content (AvgIpc) is 3.10. The van der Waals surface area contributed by atoms with Gasteiger partial charge in [0.1, 0.15) is 12.6 Å². The van der Waals surface area contributed by atoms with Crippen molar-refractivity contribution in [2.45, 2.75) is 44.2 Å². The Morgan fingerprint density at radius 2 is 1.59 bits per heavy atom. The quantitative estimate of drug-likeness (QED) is 0.468. The molecule has 182 valence electrons. The summed E-state index contributed by atoms with van der Waals surface area (Å²) in [5.74, 6) is -1.49. The Morgan fingerprint density at radius 3 is 2.12 bits per heavy atom. The number of likely N-dealkylation sites (N-methyl/N-ethyl adjacent to an activating group) is 1. The van der Waals surface area contributed by atoms with Crippen LogP contribution in [-0.2, 0) is 14.3 Å². The molecule has 34 heavy (non-hydrogen) atoms. The number of rotatable bonds is 11. The van der Waals surface area contributed by atoms with Crippen LogP contribution in [0.1, 0.15) is 43.2 Å². The van der Waals surface area contributed by atoms with Gasteiger partial charge in [0.05, 0.1) is 6.42 Å². The summed E-state index contributed by atoms with van der Waals surface area (Å²) >= 11 is 0. The SMILES string of the molecule is CCC[C@H](CC(=O)O)NC(=O)C(CN(C)C)NC(=O)OCC1c2ccccc2-c2ccccc21. The standard InChI is InChI=1S/C26H33N3O5/c1-4-9-17(14-24(30)31)27-25(32)23(15-29(2)3)28-26(33)34-16-22-20-12-7-5-10-18(20)19-11-6-8-13-21(19)22/h5-8,10-13,17,22-23H,4,9,14-16H2,1-3H3,(H,27,32)(H,28,33)(H,30,31)/t17-,23?/m1/s1. The van der Waals surface area contributed by atoms with Gasteiger partial charge in [-0.05, 0) is 42.8 Å². The number of fused-ring (bicyclic) bond motifs is 3. The smallest absolute Gasteiger partial charge is 0.407 e. The molecule has 0 aliphatic heterocycles. The molecule has 2 aromatic rings. The number of nitrogens with zero attached hydrogens (tertiary/aromatic N) is 1. The first-order valence-corrected chi connectivity index (χ1v) is 11.6. The van der Waals surface area contributed by atoms with E-state index in [2.05, 4.69) is 22.8 Å². The molecule has 2 amide bonds. The molecule has 2 atom stereocenters. The molecule has 0 fully saturated rings. The highest BCUT2D eigenvalue weighted by Gasteiger charge is 2.30. The van der Waals surface area contributed by atoms with Crippen LogP contribution >= 0.6 is 0 Å². The fourth-order valence-electron chi connectivity index (χ4n) is 4.43. The minimum absolute atomic E-state index is 0.0798. The third kappa shape index (κ3) is 6.35. The Labute approximate surface area is 200 Å². The minimum Gasteiger partial charge on any atom is -0.481 e. The first-order valence-electron chi connectivity index (χ1n) is 11.6. The lowest BCUT2D eigenvalue weighted by Gasteiger charge is -2.25. The van der Waals surface area contributed by atoms with Crippen LogP contribution < -0.4 is 10.6 Å². The highest BCUT2D eigenvalue weighted by molar-refractivity contribution is 5.86. The number of amides is 2. The van der Waals surface area contributed by atoms with Crippen LogP contribution in [0, 0.1) is 0 Å². The molecule has 1 aliphatic rings. The van der Waals surface area contributed by atoms with Gasteiger partial charge < -0.3 is 25.4 Å². The van der Waals surface area contributed by atoms with Gasteiger partial charge >= 0.3 is 12.1 Å². The molecule has 0 saturated carbocycles. The number of benzene rings is 2. The van der Waals surface area contributed by atoms with Gasteiger partial charge in [-0.3, -0.25) is 9.59 Å². The van der Waals surface area contributed by atoms with E-state index in [0.717, 1.165) is 28.7 Å². The van der Waals surface area contributed by atoms with Crippen LogP contribution in [0.4, 0.5) is 4.79 Å². The largest absolute Gasteiger partial charge is 0.481 e. The van der Waals surface area contributed by atoms with Gasteiger partial charge in [-0.25, -0.2) is 4.79 Å². The Kier molecular flexibility index (Phi) is 8.65. The van der Waals surface area contributed by atoms with Crippen molar-refractivity contribution in [1.82, 2.24) is 15.5 Å². The molecule has 3 rings (SSSR count). The normalized spacial score (nSPS) is 14.1. The molecule has 0 spiro atoms. The van der Waals surface area contributed by atoms with E-state index < -0.39 is 30.1 Å². The summed E-state index contributed by atoms with van der Waals surface area (Å²) in [5, 5.41) is 14.5. The molecule has 1 unspecified atom stereocenters. The van der Waals surface area contributed by atoms with Crippen molar-refractivity contribution in [3.8, 4) is 11.1 Å². The number of carbonyl (C=O) groups excluding carboxylic acids is 2. The molecule has 0 aromatic heterocycles. The summed E-state index contributed by atoms with van der Waals surface area (Å²) in [6.07, 6.45) is 0.418. The van der Waals surface area contributed by atoms with Crippen molar-refractivity contribution in [3.63, 3.8) is 0 Å². The number of nitrogens with one attached hydrogen (secondary N) is 2. The van der Waals surface area contributed by atoms with Crippen LogP contribution in [0.2, 0.25) is 0 Å². The Bertz CT molecular complexity index is 978. The van der Waals surface area contributed by atoms with Gasteiger partial charge in [0.2, 0.25) is 5.91 Å². The number of ether oxygens (including phenoxy) is 1. The van der Waals surface area contributed by atoms with E-state index in [4.69, 9.17) is 9.84 Å². The third-order valence-electron chi connectivity index (χ3n) is 5.90. The lowest BCUT2D eigenvalue weighted by atomic mass is 9.98. The van der Waals surface area contributed by atoms with Crippen LogP contribution in [0.15, 0.2) is 48.5 Å². The molecule has 0 bridgehead atoms. The highest BCUT2D eigenvalue weighted by Crippen LogP contribution is 2.44. The maximum Gasteiger partial charge on any atom is 0.407 e. The van der Waals surface area contributed by atoms with Gasteiger partial charge in [-0.15, -0.1) is 0 Å². The summed E-state index contributed by atoms with van der Waals surface area (Å²) in [4.78, 5) is 38.5. The maximum atomic E-state index is 12.9. The molecule has 3 N–H and O–H groups in total. The topological polar surface area (TPSA) is 108 Å². The van der Waals surface area contributed by atoms with E-state index >= 15 is 0 Å². The number of alkyl carbamates (subject to hydrolysis) is 1. The van der Waals surface area contributed by atoms with Crippen molar-refractivity contribution in [3.05, 3.63) is 59.7 Å². The monoisotopic (exact) mass is 467 g/mol. The summed E-state index contributed by atoms with van der Waals surface area (Å²) in [6.45, 7) is 2.32. The number of carboxylic acid groups (broad SMARTS) is 1. The molecule has 1 aliphatic carbocycles. The summed E-state index contributed by atoms with van der Waals surface area (Å²) in [5.41, 5.74) is 4.49. The summed E-state index contributed by atoms with van der Waals surface area (Å²) in [7, 11) is 3.58. The summed E-state index contributed by atoms with van der Waals surface area (Å²) in [6, 6.07) is 14.8. The van der Waals surface area contributed by atoms with Crippen molar-refractivity contribution < 1.29 is 24.2 Å². The third-order valence-corrected chi connectivity index (χ3v) is 5.90. The molecular weight excluding hydrogens is 434 g/mol. The summed E-state index contributed by atoms with van der Waals surface area (Å²) < 4.78 is 5.58. The predicted molar refractivity (Wildman–Crippen MR) is 130 cm³/mol. The van der Waals surface area contributed by atoms with Crippen molar-refractivity contribution in [2.24, 2.45) is 0 Å². The Morgan fingerprint density at radius 1 is 1.00 bits per heavy atom.